The van der Waals surface area contributed by atoms with Crippen LogP contribution in [0.25, 0.3) is 0 Å². The predicted octanol–water partition coefficient (Wildman–Crippen LogP) is 2.47. The van der Waals surface area contributed by atoms with Gasteiger partial charge < -0.3 is 20.1 Å². The molecule has 0 aliphatic heterocycles. The molecule has 0 bridgehead atoms. The molecule has 2 amide bonds. The minimum atomic E-state index is -0.543. The maximum atomic E-state index is 12.7. The molecule has 0 saturated heterocycles. The summed E-state index contributed by atoms with van der Waals surface area (Å²) < 4.78 is 10.6. The SMILES string of the molecule is CCCCC(NC(=O)[C@H](CC(C)C)NC(=O)C(C)C)C(OC)OC. The number of ether oxygens (including phenoxy) is 2. The number of methoxy groups -OCH3 is 2. The van der Waals surface area contributed by atoms with Crippen LogP contribution in [0.4, 0.5) is 0 Å². The lowest BCUT2D eigenvalue weighted by Crippen LogP contribution is -2.54. The van der Waals surface area contributed by atoms with E-state index in [1.54, 1.807) is 14.2 Å². The lowest BCUT2D eigenvalue weighted by Gasteiger charge is -2.28. The fraction of sp³-hybridized carbons (Fsp3) is 0.889. The number of amides is 2. The lowest BCUT2D eigenvalue weighted by atomic mass is 10.0. The standard InChI is InChI=1S/C18H36N2O4/c1-8-9-10-14(18(23-6)24-7)19-17(22)15(11-12(2)3)20-16(21)13(4)5/h12-15,18H,8-11H2,1-7H3,(H,19,22)(H,20,21)/t14?,15-/m0/s1. The summed E-state index contributed by atoms with van der Waals surface area (Å²) in [5, 5.41) is 5.85. The molecule has 2 atom stereocenters. The topological polar surface area (TPSA) is 76.7 Å². The summed E-state index contributed by atoms with van der Waals surface area (Å²) in [4.78, 5) is 24.7. The molecule has 0 aliphatic rings. The van der Waals surface area contributed by atoms with Crippen LogP contribution in [0.5, 0.6) is 0 Å². The summed E-state index contributed by atoms with van der Waals surface area (Å²) in [7, 11) is 3.12. The van der Waals surface area contributed by atoms with E-state index in [0.717, 1.165) is 19.3 Å². The van der Waals surface area contributed by atoms with E-state index in [4.69, 9.17) is 9.47 Å². The largest absolute Gasteiger partial charge is 0.354 e. The fourth-order valence-electron chi connectivity index (χ4n) is 2.45. The molecule has 142 valence electrons. The lowest BCUT2D eigenvalue weighted by molar-refractivity contribution is -0.141. The highest BCUT2D eigenvalue weighted by Crippen LogP contribution is 2.11. The molecule has 0 saturated carbocycles. The first-order valence-electron chi connectivity index (χ1n) is 8.93. The second-order valence-corrected chi connectivity index (χ2v) is 6.94. The van der Waals surface area contributed by atoms with Crippen LogP contribution in [0.1, 0.15) is 60.3 Å². The van der Waals surface area contributed by atoms with Gasteiger partial charge in [-0.1, -0.05) is 47.5 Å². The van der Waals surface area contributed by atoms with Crippen molar-refractivity contribution in [3.05, 3.63) is 0 Å². The zero-order valence-electron chi connectivity index (χ0n) is 16.3. The van der Waals surface area contributed by atoms with Gasteiger partial charge >= 0.3 is 0 Å². The van der Waals surface area contributed by atoms with Gasteiger partial charge in [-0.05, 0) is 18.8 Å². The first-order chi connectivity index (χ1) is 11.3. The van der Waals surface area contributed by atoms with Crippen molar-refractivity contribution in [2.24, 2.45) is 11.8 Å². The van der Waals surface area contributed by atoms with E-state index in [2.05, 4.69) is 17.6 Å². The Morgan fingerprint density at radius 3 is 1.96 bits per heavy atom. The van der Waals surface area contributed by atoms with E-state index >= 15 is 0 Å². The van der Waals surface area contributed by atoms with Crippen molar-refractivity contribution >= 4 is 11.8 Å². The number of hydrogen-bond donors (Lipinski definition) is 2. The Labute approximate surface area is 147 Å². The number of nitrogens with one attached hydrogen (secondary N) is 2. The number of carbonyl (C=O) groups excluding carboxylic acids is 2. The summed E-state index contributed by atoms with van der Waals surface area (Å²) in [6, 6.07) is -0.781. The van der Waals surface area contributed by atoms with Crippen LogP contribution in [-0.4, -0.2) is 44.4 Å². The zero-order valence-corrected chi connectivity index (χ0v) is 16.3. The normalized spacial score (nSPS) is 14.1. The summed E-state index contributed by atoms with van der Waals surface area (Å²) in [6.07, 6.45) is 2.84. The molecule has 0 aromatic heterocycles. The molecular weight excluding hydrogens is 308 g/mol. The molecule has 0 aromatic rings. The second kappa shape index (κ2) is 12.3. The van der Waals surface area contributed by atoms with E-state index < -0.39 is 12.3 Å². The van der Waals surface area contributed by atoms with Crippen molar-refractivity contribution < 1.29 is 19.1 Å². The van der Waals surface area contributed by atoms with Gasteiger partial charge in [-0.2, -0.15) is 0 Å². The minimum absolute atomic E-state index is 0.115. The first-order valence-corrected chi connectivity index (χ1v) is 8.93. The van der Waals surface area contributed by atoms with Gasteiger partial charge in [0.15, 0.2) is 6.29 Å². The first kappa shape index (κ1) is 22.9. The van der Waals surface area contributed by atoms with E-state index in [0.29, 0.717) is 12.3 Å². The van der Waals surface area contributed by atoms with Crippen molar-refractivity contribution in [3.63, 3.8) is 0 Å². The molecule has 6 nitrogen and oxygen atoms in total. The molecule has 0 aromatic carbocycles. The number of unbranched alkanes of at least 4 members (excludes halogenated alkanes) is 1. The Morgan fingerprint density at radius 2 is 1.54 bits per heavy atom. The third-order valence-electron chi connectivity index (χ3n) is 3.85. The molecule has 0 radical (unpaired) electrons. The van der Waals surface area contributed by atoms with E-state index in [9.17, 15) is 9.59 Å². The zero-order chi connectivity index (χ0) is 18.7. The monoisotopic (exact) mass is 344 g/mol. The van der Waals surface area contributed by atoms with Crippen LogP contribution < -0.4 is 10.6 Å². The van der Waals surface area contributed by atoms with Crippen molar-refractivity contribution in [1.82, 2.24) is 10.6 Å². The Morgan fingerprint density at radius 1 is 0.958 bits per heavy atom. The van der Waals surface area contributed by atoms with E-state index in [1.165, 1.54) is 0 Å². The van der Waals surface area contributed by atoms with Gasteiger partial charge in [0.2, 0.25) is 11.8 Å². The number of rotatable bonds is 12. The highest BCUT2D eigenvalue weighted by molar-refractivity contribution is 5.88. The van der Waals surface area contributed by atoms with Crippen molar-refractivity contribution in [2.45, 2.75) is 78.7 Å². The molecule has 24 heavy (non-hydrogen) atoms. The quantitative estimate of drug-likeness (QED) is 0.533. The van der Waals surface area contributed by atoms with Gasteiger partial charge in [0.05, 0.1) is 6.04 Å². The number of hydrogen-bond acceptors (Lipinski definition) is 4. The minimum Gasteiger partial charge on any atom is -0.354 e. The van der Waals surface area contributed by atoms with Gasteiger partial charge in [-0.15, -0.1) is 0 Å². The maximum Gasteiger partial charge on any atom is 0.242 e. The molecule has 0 aliphatic carbocycles. The van der Waals surface area contributed by atoms with Gasteiger partial charge in [0.1, 0.15) is 6.04 Å². The van der Waals surface area contributed by atoms with Crippen LogP contribution >= 0.6 is 0 Å². The van der Waals surface area contributed by atoms with Crippen LogP contribution in [0.15, 0.2) is 0 Å². The third-order valence-corrected chi connectivity index (χ3v) is 3.85. The Hall–Kier alpha value is -1.14. The number of carbonyl (C=O) groups is 2. The van der Waals surface area contributed by atoms with Gasteiger partial charge in [-0.25, -0.2) is 0 Å². The van der Waals surface area contributed by atoms with Gasteiger partial charge in [0.25, 0.3) is 0 Å². The fourth-order valence-corrected chi connectivity index (χ4v) is 2.45. The summed E-state index contributed by atoms with van der Waals surface area (Å²) in [5.74, 6) is -0.161. The molecule has 0 heterocycles. The highest BCUT2D eigenvalue weighted by Gasteiger charge is 2.28. The summed E-state index contributed by atoms with van der Waals surface area (Å²) in [6.45, 7) is 9.79. The van der Waals surface area contributed by atoms with Gasteiger partial charge in [-0.3, -0.25) is 9.59 Å². The van der Waals surface area contributed by atoms with Crippen molar-refractivity contribution in [2.75, 3.05) is 14.2 Å². The van der Waals surface area contributed by atoms with E-state index in [-0.39, 0.29) is 23.8 Å². The molecule has 6 heteroatoms. The predicted molar refractivity (Wildman–Crippen MR) is 95.5 cm³/mol. The molecule has 0 spiro atoms. The molecule has 2 N–H and O–H groups in total. The smallest absolute Gasteiger partial charge is 0.242 e. The highest BCUT2D eigenvalue weighted by atomic mass is 16.7. The Kier molecular flexibility index (Phi) is 11.7. The summed E-state index contributed by atoms with van der Waals surface area (Å²) >= 11 is 0. The van der Waals surface area contributed by atoms with Crippen molar-refractivity contribution in [3.8, 4) is 0 Å². The van der Waals surface area contributed by atoms with Crippen LogP contribution in [0, 0.1) is 11.8 Å². The third kappa shape index (κ3) is 8.64. The average Bonchev–Trinajstić information content (AvgIpc) is 2.51. The van der Waals surface area contributed by atoms with Crippen LogP contribution in [0.2, 0.25) is 0 Å². The van der Waals surface area contributed by atoms with E-state index in [1.807, 2.05) is 27.7 Å². The molecule has 0 rings (SSSR count). The molecule has 0 fully saturated rings. The van der Waals surface area contributed by atoms with Crippen LogP contribution in [-0.2, 0) is 19.1 Å². The summed E-state index contributed by atoms with van der Waals surface area (Å²) in [5.41, 5.74) is 0. The Balaban J connectivity index is 5.03. The van der Waals surface area contributed by atoms with Crippen molar-refractivity contribution in [1.29, 1.82) is 0 Å². The average molecular weight is 344 g/mol. The Bertz CT molecular complexity index is 368. The van der Waals surface area contributed by atoms with Crippen LogP contribution in [0.3, 0.4) is 0 Å². The molecule has 1 unspecified atom stereocenters. The van der Waals surface area contributed by atoms with Gasteiger partial charge in [0, 0.05) is 20.1 Å². The molecular formula is C18H36N2O4. The maximum absolute atomic E-state index is 12.7. The second-order valence-electron chi connectivity index (χ2n) is 6.94.